The molecule has 1 spiro atoms. The zero-order valence-electron chi connectivity index (χ0n) is 27.5. The Morgan fingerprint density at radius 2 is 1.68 bits per heavy atom. The van der Waals surface area contributed by atoms with Crippen LogP contribution < -0.4 is 20.0 Å². The van der Waals surface area contributed by atoms with Gasteiger partial charge in [-0.2, -0.15) is 0 Å². The molecule has 2 N–H and O–H groups in total. The van der Waals surface area contributed by atoms with E-state index in [0.717, 1.165) is 88.6 Å². The Balaban J connectivity index is 0.826. The first kappa shape index (κ1) is 30.0. The van der Waals surface area contributed by atoms with E-state index in [1.165, 1.54) is 12.8 Å². The van der Waals surface area contributed by atoms with Crippen molar-refractivity contribution in [3.05, 3.63) is 42.7 Å². The number of nitrogens with one attached hydrogen (secondary N) is 1. The number of piperazine rings is 2. The molecule has 2 aromatic heterocycles. The van der Waals surface area contributed by atoms with Crippen LogP contribution in [0.2, 0.25) is 0 Å². The fraction of sp³-hybridized carbons (Fsp3) is 0.559. The lowest BCUT2D eigenvalue weighted by atomic mass is 9.60. The maximum Gasteiger partial charge on any atom is 0.410 e. The number of phenols is 1. The summed E-state index contributed by atoms with van der Waals surface area (Å²) in [6.07, 6.45) is 6.12. The molecular formula is C34H44N10O3. The molecular weight excluding hydrogens is 596 g/mol. The van der Waals surface area contributed by atoms with Gasteiger partial charge in [0.05, 0.1) is 35.5 Å². The molecule has 4 aliphatic heterocycles. The maximum atomic E-state index is 12.4. The minimum atomic E-state index is -0.444. The first-order valence-corrected chi connectivity index (χ1v) is 16.8. The number of para-hydroxylation sites is 1. The summed E-state index contributed by atoms with van der Waals surface area (Å²) >= 11 is 0. The van der Waals surface area contributed by atoms with Crippen molar-refractivity contribution in [3.63, 3.8) is 0 Å². The van der Waals surface area contributed by atoms with Crippen LogP contribution in [0.4, 0.5) is 27.9 Å². The normalized spacial score (nSPS) is 22.6. The number of anilines is 4. The van der Waals surface area contributed by atoms with Gasteiger partial charge in [0.1, 0.15) is 11.4 Å². The number of benzene rings is 1. The van der Waals surface area contributed by atoms with Gasteiger partial charge in [0.25, 0.3) is 0 Å². The predicted octanol–water partition coefficient (Wildman–Crippen LogP) is 3.28. The molecule has 3 aromatic rings. The van der Waals surface area contributed by atoms with Crippen molar-refractivity contribution >= 4 is 29.2 Å². The Bertz CT molecular complexity index is 1620. The molecule has 1 amide bonds. The lowest BCUT2D eigenvalue weighted by molar-refractivity contribution is -0.108. The number of rotatable bonds is 4. The SMILES string of the molecule is CC(C)(C)OC(=O)N1CC2(CC(N3CCN(c4cnc(N5CCN6c7cc(-c8ccccc8O)nnc7NC[C@H]6C5)nc4)CC3)C2)C1. The van der Waals surface area contributed by atoms with Gasteiger partial charge >= 0.3 is 6.09 Å². The molecule has 6 heterocycles. The average Bonchev–Trinajstić information content (AvgIpc) is 3.03. The molecule has 13 heteroatoms. The van der Waals surface area contributed by atoms with Crippen LogP contribution in [-0.4, -0.2) is 124 Å². The van der Waals surface area contributed by atoms with Gasteiger partial charge in [-0.3, -0.25) is 4.90 Å². The van der Waals surface area contributed by atoms with Crippen LogP contribution in [0.15, 0.2) is 42.7 Å². The van der Waals surface area contributed by atoms with Crippen molar-refractivity contribution in [1.29, 1.82) is 0 Å². The Hall–Kier alpha value is -4.39. The minimum Gasteiger partial charge on any atom is -0.507 e. The lowest BCUT2D eigenvalue weighted by Gasteiger charge is -2.61. The second-order valence-electron chi connectivity index (χ2n) is 14.8. The number of fused-ring (bicyclic) bond motifs is 3. The first-order valence-electron chi connectivity index (χ1n) is 16.8. The van der Waals surface area contributed by atoms with E-state index in [0.29, 0.717) is 22.7 Å². The standard InChI is InChI=1S/C34H44N10O3/c1-33(2,3)47-32(46)43-21-34(22-43)15-23(16-34)40-8-10-41(11-9-40)24-17-36-31(37-18-24)42-12-13-44-25(20-42)19-35-30-28(44)14-27(38-39-30)26-6-4-5-7-29(26)45/h4-7,14,17-18,23,25,45H,8-13,15-16,19-22H2,1-3H3,(H,35,39)/t25-/m0/s1. The molecule has 1 saturated carbocycles. The van der Waals surface area contributed by atoms with Gasteiger partial charge in [-0.25, -0.2) is 14.8 Å². The summed E-state index contributed by atoms with van der Waals surface area (Å²) in [6.45, 7) is 14.6. The van der Waals surface area contributed by atoms with Gasteiger partial charge in [-0.15, -0.1) is 10.2 Å². The Kier molecular flexibility index (Phi) is 7.27. The molecule has 0 radical (unpaired) electrons. The molecule has 1 atom stereocenters. The highest BCUT2D eigenvalue weighted by Crippen LogP contribution is 2.50. The molecule has 1 aliphatic carbocycles. The molecule has 0 unspecified atom stereocenters. The number of nitrogens with zero attached hydrogens (tertiary/aromatic N) is 9. The van der Waals surface area contributed by atoms with Crippen LogP contribution >= 0.6 is 0 Å². The van der Waals surface area contributed by atoms with Gasteiger partial charge in [0, 0.05) is 82.5 Å². The van der Waals surface area contributed by atoms with Gasteiger partial charge in [-0.1, -0.05) is 12.1 Å². The summed E-state index contributed by atoms with van der Waals surface area (Å²) in [5, 5.41) is 22.6. The van der Waals surface area contributed by atoms with Crippen LogP contribution in [0.5, 0.6) is 5.75 Å². The Labute approximate surface area is 275 Å². The maximum absolute atomic E-state index is 12.4. The zero-order chi connectivity index (χ0) is 32.3. The zero-order valence-corrected chi connectivity index (χ0v) is 27.5. The number of aromatic hydroxyl groups is 1. The monoisotopic (exact) mass is 640 g/mol. The third-order valence-corrected chi connectivity index (χ3v) is 10.4. The predicted molar refractivity (Wildman–Crippen MR) is 180 cm³/mol. The number of hydrogen-bond acceptors (Lipinski definition) is 12. The van der Waals surface area contributed by atoms with Crippen molar-refractivity contribution < 1.29 is 14.6 Å². The van der Waals surface area contributed by atoms with E-state index >= 15 is 0 Å². The third-order valence-electron chi connectivity index (χ3n) is 10.4. The highest BCUT2D eigenvalue weighted by atomic mass is 16.6. The quantitative estimate of drug-likeness (QED) is 0.435. The first-order chi connectivity index (χ1) is 22.6. The highest BCUT2D eigenvalue weighted by molar-refractivity contribution is 5.77. The molecule has 5 aliphatic rings. The highest BCUT2D eigenvalue weighted by Gasteiger charge is 2.55. The summed E-state index contributed by atoms with van der Waals surface area (Å²) in [6, 6.07) is 10.1. The van der Waals surface area contributed by atoms with E-state index in [-0.39, 0.29) is 17.9 Å². The van der Waals surface area contributed by atoms with Gasteiger partial charge in [0.2, 0.25) is 5.95 Å². The fourth-order valence-corrected chi connectivity index (χ4v) is 7.95. The summed E-state index contributed by atoms with van der Waals surface area (Å²) in [7, 11) is 0. The molecule has 1 aromatic carbocycles. The van der Waals surface area contributed by atoms with E-state index in [9.17, 15) is 9.90 Å². The molecule has 4 fully saturated rings. The van der Waals surface area contributed by atoms with Gasteiger partial charge < -0.3 is 34.8 Å². The number of ether oxygens (including phenoxy) is 1. The van der Waals surface area contributed by atoms with Gasteiger partial charge in [-0.05, 0) is 51.8 Å². The fourth-order valence-electron chi connectivity index (χ4n) is 7.95. The lowest BCUT2D eigenvalue weighted by Crippen LogP contribution is -2.69. The number of amides is 1. The number of hydrogen-bond donors (Lipinski definition) is 2. The number of phenolic OH excluding ortho intramolecular Hbond substituents is 1. The van der Waals surface area contributed by atoms with E-state index in [4.69, 9.17) is 14.7 Å². The smallest absolute Gasteiger partial charge is 0.410 e. The summed E-state index contributed by atoms with van der Waals surface area (Å²) in [4.78, 5) is 33.5. The number of likely N-dealkylation sites (tertiary alicyclic amines) is 1. The van der Waals surface area contributed by atoms with Crippen molar-refractivity contribution in [2.24, 2.45) is 5.41 Å². The summed E-state index contributed by atoms with van der Waals surface area (Å²) < 4.78 is 5.54. The molecule has 248 valence electrons. The second kappa shape index (κ2) is 11.4. The van der Waals surface area contributed by atoms with Crippen LogP contribution in [-0.2, 0) is 4.74 Å². The molecule has 0 bridgehead atoms. The molecule has 13 nitrogen and oxygen atoms in total. The van der Waals surface area contributed by atoms with Gasteiger partial charge in [0.15, 0.2) is 5.82 Å². The third kappa shape index (κ3) is 5.74. The van der Waals surface area contributed by atoms with Crippen molar-refractivity contribution in [3.8, 4) is 17.0 Å². The van der Waals surface area contributed by atoms with E-state index in [1.807, 2.05) is 56.3 Å². The summed E-state index contributed by atoms with van der Waals surface area (Å²) in [5.74, 6) is 1.74. The Morgan fingerprint density at radius 3 is 2.40 bits per heavy atom. The van der Waals surface area contributed by atoms with Crippen LogP contribution in [0.25, 0.3) is 11.3 Å². The van der Waals surface area contributed by atoms with Crippen molar-refractivity contribution in [2.45, 2.75) is 51.3 Å². The molecule has 8 rings (SSSR count). The number of carbonyl (C=O) groups excluding carboxylic acids is 1. The largest absolute Gasteiger partial charge is 0.507 e. The van der Waals surface area contributed by atoms with Crippen molar-refractivity contribution in [2.75, 3.05) is 85.5 Å². The Morgan fingerprint density at radius 1 is 0.957 bits per heavy atom. The van der Waals surface area contributed by atoms with E-state index < -0.39 is 5.60 Å². The molecule has 47 heavy (non-hydrogen) atoms. The van der Waals surface area contributed by atoms with Crippen LogP contribution in [0.3, 0.4) is 0 Å². The minimum absolute atomic E-state index is 0.178. The average molecular weight is 641 g/mol. The topological polar surface area (TPSA) is 126 Å². The van der Waals surface area contributed by atoms with E-state index in [1.54, 1.807) is 12.1 Å². The summed E-state index contributed by atoms with van der Waals surface area (Å²) in [5.41, 5.74) is 3.28. The molecule has 3 saturated heterocycles. The number of aromatic nitrogens is 4. The van der Waals surface area contributed by atoms with Crippen molar-refractivity contribution in [1.82, 2.24) is 30.0 Å². The second-order valence-corrected chi connectivity index (χ2v) is 14.8. The van der Waals surface area contributed by atoms with Crippen LogP contribution in [0.1, 0.15) is 33.6 Å². The van der Waals surface area contributed by atoms with E-state index in [2.05, 4.69) is 35.1 Å². The number of carbonyl (C=O) groups is 1. The van der Waals surface area contributed by atoms with Crippen LogP contribution in [0, 0.1) is 5.41 Å².